The van der Waals surface area contributed by atoms with Gasteiger partial charge >= 0.3 is 0 Å². The molecule has 7 nitrogen and oxygen atoms in total. The largest absolute Gasteiger partial charge is 0.394 e. The molecule has 1 fully saturated rings. The van der Waals surface area contributed by atoms with Gasteiger partial charge in [0, 0.05) is 6.42 Å². The monoisotopic (exact) mass is 445 g/mol. The molecule has 1 heterocycles. The molecule has 7 heteroatoms. The number of aliphatic hydroxyl groups is 4. The van der Waals surface area contributed by atoms with Crippen molar-refractivity contribution in [2.24, 2.45) is 0 Å². The molecule has 1 rings (SSSR count). The number of unbranched alkanes of at least 4 members (excludes halogenated alkanes) is 14. The number of nitrogens with one attached hydrogen (secondary N) is 1. The highest BCUT2D eigenvalue weighted by molar-refractivity contribution is 5.76. The molecule has 0 aromatic carbocycles. The van der Waals surface area contributed by atoms with E-state index >= 15 is 0 Å². The van der Waals surface area contributed by atoms with E-state index in [1.165, 1.54) is 77.0 Å². The van der Waals surface area contributed by atoms with Gasteiger partial charge in [-0.05, 0) is 6.42 Å². The zero-order chi connectivity index (χ0) is 22.9. The number of hydrogen-bond donors (Lipinski definition) is 5. The van der Waals surface area contributed by atoms with Crippen LogP contribution in [0.25, 0.3) is 0 Å². The van der Waals surface area contributed by atoms with Crippen molar-refractivity contribution in [1.82, 2.24) is 5.32 Å². The van der Waals surface area contributed by atoms with Crippen LogP contribution in [0, 0.1) is 0 Å². The number of carbonyl (C=O) groups excluding carboxylic acids is 1. The summed E-state index contributed by atoms with van der Waals surface area (Å²) in [4.78, 5) is 12.1. The summed E-state index contributed by atoms with van der Waals surface area (Å²) in [7, 11) is 0. The fourth-order valence-electron chi connectivity index (χ4n) is 4.11. The van der Waals surface area contributed by atoms with E-state index in [1.807, 2.05) is 0 Å². The standard InChI is InChI=1S/C24H47NO6/c1-2-3-4-5-6-7-8-9-10-11-12-13-14-15-16-17-20(27)25-24-23(30)22(29)21(28)19(18-26)31-24/h19,21-24,26,28-30H,2-18H2,1H3,(H,25,27)/t19?,21-,22-,23?,24+/m0/s1. The van der Waals surface area contributed by atoms with Crippen molar-refractivity contribution in [3.63, 3.8) is 0 Å². The van der Waals surface area contributed by atoms with Crippen molar-refractivity contribution in [2.75, 3.05) is 6.61 Å². The Hall–Kier alpha value is -0.730. The highest BCUT2D eigenvalue weighted by Crippen LogP contribution is 2.20. The molecule has 31 heavy (non-hydrogen) atoms. The van der Waals surface area contributed by atoms with Crippen LogP contribution in [0.5, 0.6) is 0 Å². The van der Waals surface area contributed by atoms with Crippen LogP contribution in [-0.4, -0.2) is 63.6 Å². The zero-order valence-corrected chi connectivity index (χ0v) is 19.5. The van der Waals surface area contributed by atoms with E-state index in [0.717, 1.165) is 19.3 Å². The van der Waals surface area contributed by atoms with E-state index in [0.29, 0.717) is 6.42 Å². The average Bonchev–Trinajstić information content (AvgIpc) is 2.76. The van der Waals surface area contributed by atoms with Crippen LogP contribution in [0.2, 0.25) is 0 Å². The van der Waals surface area contributed by atoms with Gasteiger partial charge in [0.05, 0.1) is 6.61 Å². The van der Waals surface area contributed by atoms with Gasteiger partial charge in [0.25, 0.3) is 0 Å². The molecule has 0 aliphatic carbocycles. The lowest BCUT2D eigenvalue weighted by atomic mass is 9.98. The summed E-state index contributed by atoms with van der Waals surface area (Å²) < 4.78 is 5.29. The lowest BCUT2D eigenvalue weighted by molar-refractivity contribution is -0.236. The predicted molar refractivity (Wildman–Crippen MR) is 121 cm³/mol. The molecule has 0 aromatic rings. The summed E-state index contributed by atoms with van der Waals surface area (Å²) in [5.41, 5.74) is 0. The van der Waals surface area contributed by atoms with Gasteiger partial charge in [0.15, 0.2) is 6.23 Å². The van der Waals surface area contributed by atoms with Crippen molar-refractivity contribution in [3.05, 3.63) is 0 Å². The first-order valence-corrected chi connectivity index (χ1v) is 12.6. The first-order chi connectivity index (χ1) is 15.0. The van der Waals surface area contributed by atoms with Gasteiger partial charge in [-0.2, -0.15) is 0 Å². The lowest BCUT2D eigenvalue weighted by Crippen LogP contribution is -2.63. The molecule has 5 N–H and O–H groups in total. The molecule has 1 amide bonds. The first kappa shape index (κ1) is 28.3. The number of rotatable bonds is 18. The van der Waals surface area contributed by atoms with Crippen molar-refractivity contribution >= 4 is 5.91 Å². The van der Waals surface area contributed by atoms with Gasteiger partial charge in [0.2, 0.25) is 5.91 Å². The normalized spacial score (nSPS) is 26.2. The molecule has 0 aromatic heterocycles. The molecular weight excluding hydrogens is 398 g/mol. The van der Waals surface area contributed by atoms with Gasteiger partial charge in [-0.15, -0.1) is 0 Å². The Bertz CT molecular complexity index is 448. The van der Waals surface area contributed by atoms with E-state index in [4.69, 9.17) is 4.74 Å². The molecule has 1 saturated heterocycles. The number of carbonyl (C=O) groups is 1. The molecule has 0 saturated carbocycles. The quantitative estimate of drug-likeness (QED) is 0.207. The Morgan fingerprint density at radius 3 is 1.61 bits per heavy atom. The summed E-state index contributed by atoms with van der Waals surface area (Å²) in [5.74, 6) is -0.265. The molecule has 0 radical (unpaired) electrons. The van der Waals surface area contributed by atoms with Gasteiger partial charge in [-0.25, -0.2) is 0 Å². The van der Waals surface area contributed by atoms with E-state index in [1.54, 1.807) is 0 Å². The molecule has 0 spiro atoms. The molecule has 1 aliphatic rings. The minimum Gasteiger partial charge on any atom is -0.394 e. The van der Waals surface area contributed by atoms with Crippen LogP contribution < -0.4 is 5.32 Å². The van der Waals surface area contributed by atoms with E-state index < -0.39 is 37.3 Å². The molecule has 5 atom stereocenters. The van der Waals surface area contributed by atoms with Crippen LogP contribution in [0.4, 0.5) is 0 Å². The van der Waals surface area contributed by atoms with Crippen molar-refractivity contribution < 1.29 is 30.0 Å². The summed E-state index contributed by atoms with van der Waals surface area (Å²) in [6, 6.07) is 0. The third-order valence-corrected chi connectivity index (χ3v) is 6.20. The Labute approximate surface area is 188 Å². The molecule has 0 bridgehead atoms. The Kier molecular flexibility index (Phi) is 16.2. The maximum absolute atomic E-state index is 12.1. The minimum absolute atomic E-state index is 0.265. The third-order valence-electron chi connectivity index (χ3n) is 6.20. The Morgan fingerprint density at radius 1 is 0.710 bits per heavy atom. The highest BCUT2D eigenvalue weighted by Gasteiger charge is 2.43. The highest BCUT2D eigenvalue weighted by atomic mass is 16.6. The second-order valence-electron chi connectivity index (χ2n) is 9.02. The SMILES string of the molecule is CCCCCCCCCCCCCCCCCC(=O)N[C@@H]1OC(CO)[C@H](O)[C@H](O)C1O. The number of amides is 1. The molecular formula is C24H47NO6. The summed E-state index contributed by atoms with van der Waals surface area (Å²) >= 11 is 0. The first-order valence-electron chi connectivity index (χ1n) is 12.6. The third kappa shape index (κ3) is 12.2. The number of aliphatic hydroxyl groups excluding tert-OH is 4. The summed E-state index contributed by atoms with van der Waals surface area (Å²) in [6.45, 7) is 1.75. The van der Waals surface area contributed by atoms with Crippen LogP contribution in [0.3, 0.4) is 0 Å². The second kappa shape index (κ2) is 17.8. The van der Waals surface area contributed by atoms with Crippen molar-refractivity contribution in [3.8, 4) is 0 Å². The fraction of sp³-hybridized carbons (Fsp3) is 0.958. The summed E-state index contributed by atoms with van der Waals surface area (Å²) in [5, 5.41) is 41.2. The maximum Gasteiger partial charge on any atom is 0.222 e. The Balaban J connectivity index is 1.95. The van der Waals surface area contributed by atoms with E-state index in [2.05, 4.69) is 12.2 Å². The maximum atomic E-state index is 12.1. The summed E-state index contributed by atoms with van der Waals surface area (Å²) in [6.07, 6.45) is 12.8. The van der Waals surface area contributed by atoms with Crippen molar-refractivity contribution in [1.29, 1.82) is 0 Å². The molecule has 184 valence electrons. The number of hydrogen-bond acceptors (Lipinski definition) is 6. The van der Waals surface area contributed by atoms with Crippen LogP contribution in [0.1, 0.15) is 110 Å². The fourth-order valence-corrected chi connectivity index (χ4v) is 4.11. The van der Waals surface area contributed by atoms with Crippen molar-refractivity contribution in [2.45, 2.75) is 140 Å². The van der Waals surface area contributed by atoms with E-state index in [9.17, 15) is 25.2 Å². The van der Waals surface area contributed by atoms with Crippen LogP contribution in [0.15, 0.2) is 0 Å². The van der Waals surface area contributed by atoms with Crippen LogP contribution >= 0.6 is 0 Å². The topological polar surface area (TPSA) is 119 Å². The number of ether oxygens (including phenoxy) is 1. The average molecular weight is 446 g/mol. The van der Waals surface area contributed by atoms with E-state index in [-0.39, 0.29) is 5.91 Å². The van der Waals surface area contributed by atoms with Gasteiger partial charge in [-0.3, -0.25) is 4.79 Å². The Morgan fingerprint density at radius 2 is 1.16 bits per heavy atom. The predicted octanol–water partition coefficient (Wildman–Crippen LogP) is 3.16. The molecule has 2 unspecified atom stereocenters. The van der Waals surface area contributed by atoms with Gasteiger partial charge in [-0.1, -0.05) is 96.8 Å². The zero-order valence-electron chi connectivity index (χ0n) is 19.5. The lowest BCUT2D eigenvalue weighted by Gasteiger charge is -2.40. The second-order valence-corrected chi connectivity index (χ2v) is 9.02. The smallest absolute Gasteiger partial charge is 0.222 e. The van der Waals surface area contributed by atoms with Gasteiger partial charge in [0.1, 0.15) is 24.4 Å². The van der Waals surface area contributed by atoms with Gasteiger partial charge < -0.3 is 30.5 Å². The minimum atomic E-state index is -1.47. The molecule has 1 aliphatic heterocycles. The van der Waals surface area contributed by atoms with Crippen LogP contribution in [-0.2, 0) is 9.53 Å².